The summed E-state index contributed by atoms with van der Waals surface area (Å²) in [5.41, 5.74) is 0.997. The highest BCUT2D eigenvalue weighted by Crippen LogP contribution is 2.31. The highest BCUT2D eigenvalue weighted by Gasteiger charge is 2.39. The van der Waals surface area contributed by atoms with Crippen LogP contribution in [0.25, 0.3) is 5.52 Å². The minimum Gasteiger partial charge on any atom is -0.444 e. The minimum atomic E-state index is -0.867. The minimum absolute atomic E-state index is 0.0853. The van der Waals surface area contributed by atoms with Crippen molar-refractivity contribution < 1.29 is 19.1 Å². The number of alkyl carbamates (subject to hydrolysis) is 1. The third-order valence-electron chi connectivity index (χ3n) is 6.96. The predicted molar refractivity (Wildman–Crippen MR) is 154 cm³/mol. The van der Waals surface area contributed by atoms with Crippen molar-refractivity contribution in [3.05, 3.63) is 71.3 Å². The molecule has 0 aliphatic carbocycles. The van der Waals surface area contributed by atoms with Crippen LogP contribution in [0.4, 0.5) is 4.79 Å². The van der Waals surface area contributed by atoms with Crippen LogP contribution in [-0.2, 0) is 9.53 Å². The predicted octanol–water partition coefficient (Wildman–Crippen LogP) is 5.04. The Morgan fingerprint density at radius 1 is 1.07 bits per heavy atom. The van der Waals surface area contributed by atoms with Crippen molar-refractivity contribution in [3.8, 4) is 0 Å². The molecule has 0 unspecified atom stereocenters. The highest BCUT2D eigenvalue weighted by molar-refractivity contribution is 6.30. The Bertz CT molecular complexity index is 1390. The van der Waals surface area contributed by atoms with Gasteiger partial charge in [-0.1, -0.05) is 50.6 Å². The average molecular weight is 568 g/mol. The maximum absolute atomic E-state index is 13.8. The molecule has 1 aliphatic heterocycles. The van der Waals surface area contributed by atoms with Gasteiger partial charge in [0.15, 0.2) is 0 Å². The lowest BCUT2D eigenvalue weighted by molar-refractivity contribution is -0.126. The van der Waals surface area contributed by atoms with Crippen LogP contribution >= 0.6 is 11.6 Å². The molecule has 3 heterocycles. The van der Waals surface area contributed by atoms with Crippen LogP contribution in [0.3, 0.4) is 0 Å². The number of halogens is 1. The van der Waals surface area contributed by atoms with Gasteiger partial charge < -0.3 is 20.3 Å². The van der Waals surface area contributed by atoms with Gasteiger partial charge in [0, 0.05) is 24.0 Å². The van der Waals surface area contributed by atoms with Crippen LogP contribution in [0.1, 0.15) is 69.9 Å². The number of amides is 3. The lowest BCUT2D eigenvalue weighted by Crippen LogP contribution is -2.60. The molecule has 1 aromatic carbocycles. The van der Waals surface area contributed by atoms with Gasteiger partial charge in [0.1, 0.15) is 17.3 Å². The molecule has 2 aromatic heterocycles. The Labute approximate surface area is 240 Å². The van der Waals surface area contributed by atoms with E-state index >= 15 is 0 Å². The van der Waals surface area contributed by atoms with Crippen molar-refractivity contribution in [2.75, 3.05) is 13.1 Å². The molecule has 0 radical (unpaired) electrons. The second kappa shape index (κ2) is 11.5. The van der Waals surface area contributed by atoms with Crippen LogP contribution in [0.5, 0.6) is 0 Å². The van der Waals surface area contributed by atoms with E-state index in [9.17, 15) is 14.4 Å². The van der Waals surface area contributed by atoms with Gasteiger partial charge in [-0.3, -0.25) is 14.0 Å². The van der Waals surface area contributed by atoms with Gasteiger partial charge in [0.2, 0.25) is 5.91 Å². The molecule has 0 spiro atoms. The van der Waals surface area contributed by atoms with E-state index in [-0.39, 0.29) is 24.3 Å². The monoisotopic (exact) mass is 567 g/mol. The van der Waals surface area contributed by atoms with Gasteiger partial charge in [0.05, 0.1) is 24.1 Å². The molecule has 1 fully saturated rings. The number of imidazole rings is 1. The maximum atomic E-state index is 13.8. The van der Waals surface area contributed by atoms with Crippen LogP contribution in [0.15, 0.2) is 55.0 Å². The summed E-state index contributed by atoms with van der Waals surface area (Å²) in [6.45, 7) is 11.7. The van der Waals surface area contributed by atoms with Crippen LogP contribution in [-0.4, -0.2) is 63.0 Å². The molecule has 3 atom stereocenters. The number of nitrogens with zero attached hydrogens (tertiary/aromatic N) is 3. The molecule has 0 saturated carbocycles. The molecule has 3 amide bonds. The number of carbonyl (C=O) groups excluding carboxylic acids is 3. The third-order valence-corrected chi connectivity index (χ3v) is 7.20. The zero-order chi connectivity index (χ0) is 29.2. The molecular weight excluding hydrogens is 530 g/mol. The number of rotatable bonds is 5. The van der Waals surface area contributed by atoms with Gasteiger partial charge in [-0.05, 0) is 62.4 Å². The molecule has 0 bridgehead atoms. The standard InChI is InChI=1S/C30H38ClN5O4/c1-29(2,3)25(34-28(39)40-30(4,5)6)26(37)33-23-17-35(14-13-22(23)19-9-7-10-20(31)15-19)27(38)24-12-8-11-21-16-32-18-36(21)24/h7-12,15-16,18,22-23,25H,13-14,17H2,1-6H3,(H,33,37)(H,34,39)/t22-,23+,25+/m0/s1. The Morgan fingerprint density at radius 3 is 2.48 bits per heavy atom. The Balaban J connectivity index is 1.60. The van der Waals surface area contributed by atoms with Crippen LogP contribution in [0.2, 0.25) is 5.02 Å². The van der Waals surface area contributed by atoms with Crippen molar-refractivity contribution in [2.45, 2.75) is 71.6 Å². The first-order chi connectivity index (χ1) is 18.7. The van der Waals surface area contributed by atoms with E-state index in [1.54, 1.807) is 48.7 Å². The summed E-state index contributed by atoms with van der Waals surface area (Å²) in [6.07, 6.45) is 3.28. The first-order valence-electron chi connectivity index (χ1n) is 13.5. The van der Waals surface area contributed by atoms with Crippen LogP contribution < -0.4 is 10.6 Å². The number of likely N-dealkylation sites (tertiary alicyclic amines) is 1. The summed E-state index contributed by atoms with van der Waals surface area (Å²) in [7, 11) is 0. The molecule has 10 heteroatoms. The number of hydrogen-bond acceptors (Lipinski definition) is 5. The van der Waals surface area contributed by atoms with E-state index in [0.29, 0.717) is 23.7 Å². The number of hydrogen-bond donors (Lipinski definition) is 2. The summed E-state index contributed by atoms with van der Waals surface area (Å²) in [4.78, 5) is 46.0. The fourth-order valence-corrected chi connectivity index (χ4v) is 5.27. The maximum Gasteiger partial charge on any atom is 0.408 e. The summed E-state index contributed by atoms with van der Waals surface area (Å²) in [5, 5.41) is 6.53. The first kappa shape index (κ1) is 29.4. The Hall–Kier alpha value is -3.59. The van der Waals surface area contributed by atoms with Crippen LogP contribution in [0, 0.1) is 5.41 Å². The number of carbonyl (C=O) groups is 3. The van der Waals surface area contributed by atoms with Gasteiger partial charge in [-0.25, -0.2) is 9.78 Å². The van der Waals surface area contributed by atoms with E-state index in [1.165, 1.54) is 0 Å². The number of fused-ring (bicyclic) bond motifs is 1. The molecule has 40 heavy (non-hydrogen) atoms. The molecule has 9 nitrogen and oxygen atoms in total. The average Bonchev–Trinajstić information content (AvgIpc) is 3.34. The van der Waals surface area contributed by atoms with Gasteiger partial charge in [-0.2, -0.15) is 0 Å². The molecule has 1 aliphatic rings. The quantitative estimate of drug-likeness (QED) is 0.449. The fourth-order valence-electron chi connectivity index (χ4n) is 5.07. The molecule has 214 valence electrons. The van der Waals surface area contributed by atoms with E-state index in [4.69, 9.17) is 16.3 Å². The second-order valence-electron chi connectivity index (χ2n) is 12.4. The lowest BCUT2D eigenvalue weighted by Gasteiger charge is -2.41. The summed E-state index contributed by atoms with van der Waals surface area (Å²) < 4.78 is 7.19. The fraction of sp³-hybridized carbons (Fsp3) is 0.467. The Kier molecular flexibility index (Phi) is 8.44. The molecule has 1 saturated heterocycles. The summed E-state index contributed by atoms with van der Waals surface area (Å²) >= 11 is 6.32. The Morgan fingerprint density at radius 2 is 1.80 bits per heavy atom. The zero-order valence-corrected chi connectivity index (χ0v) is 24.7. The van der Waals surface area contributed by atoms with E-state index in [0.717, 1.165) is 11.1 Å². The summed E-state index contributed by atoms with van der Waals surface area (Å²) in [6, 6.07) is 11.8. The smallest absolute Gasteiger partial charge is 0.408 e. The van der Waals surface area contributed by atoms with E-state index in [2.05, 4.69) is 15.6 Å². The molecule has 3 aromatic rings. The first-order valence-corrected chi connectivity index (χ1v) is 13.9. The van der Waals surface area contributed by atoms with Gasteiger partial charge >= 0.3 is 6.09 Å². The van der Waals surface area contributed by atoms with Gasteiger partial charge in [0.25, 0.3) is 5.91 Å². The second-order valence-corrected chi connectivity index (χ2v) is 12.8. The number of aromatic nitrogens is 2. The molecule has 2 N–H and O–H groups in total. The van der Waals surface area contributed by atoms with Crippen molar-refractivity contribution in [2.24, 2.45) is 5.41 Å². The highest BCUT2D eigenvalue weighted by atomic mass is 35.5. The van der Waals surface area contributed by atoms with Crippen molar-refractivity contribution in [1.29, 1.82) is 0 Å². The molecule has 4 rings (SSSR count). The van der Waals surface area contributed by atoms with E-state index in [1.807, 2.05) is 57.2 Å². The van der Waals surface area contributed by atoms with Crippen molar-refractivity contribution in [3.63, 3.8) is 0 Å². The number of piperidine rings is 1. The van der Waals surface area contributed by atoms with E-state index < -0.39 is 29.2 Å². The number of pyridine rings is 1. The SMILES string of the molecule is CC(C)(C)OC(=O)N[C@H](C(=O)N[C@@H]1CN(C(=O)c2cccc3cncn23)CC[C@H]1c1cccc(Cl)c1)C(C)(C)C. The number of benzene rings is 1. The summed E-state index contributed by atoms with van der Waals surface area (Å²) in [5.74, 6) is -0.578. The topological polar surface area (TPSA) is 105 Å². The normalized spacial score (nSPS) is 18.7. The van der Waals surface area contributed by atoms with Crippen molar-refractivity contribution in [1.82, 2.24) is 24.9 Å². The third kappa shape index (κ3) is 6.94. The number of nitrogens with one attached hydrogen (secondary N) is 2. The zero-order valence-electron chi connectivity index (χ0n) is 23.9. The largest absolute Gasteiger partial charge is 0.444 e. The lowest BCUT2D eigenvalue weighted by atomic mass is 9.83. The van der Waals surface area contributed by atoms with Crippen molar-refractivity contribution >= 4 is 35.0 Å². The van der Waals surface area contributed by atoms with Gasteiger partial charge in [-0.15, -0.1) is 0 Å². The molecular formula is C30H38ClN5O4. The number of ether oxygens (including phenoxy) is 1.